The molecule has 0 aromatic heterocycles. The number of nitrogens with one attached hydrogen (secondary N) is 1. The first kappa shape index (κ1) is 19.6. The molecule has 1 N–H and O–H groups in total. The Morgan fingerprint density at radius 2 is 1.87 bits per heavy atom. The summed E-state index contributed by atoms with van der Waals surface area (Å²) in [6.07, 6.45) is 2.36. The molecule has 0 aliphatic heterocycles. The molecule has 0 spiro atoms. The smallest absolute Gasteiger partial charge is 0.162 e. The molecule has 1 nitrogen and oxygen atoms in total. The molecule has 1 aromatic rings. The van der Waals surface area contributed by atoms with Gasteiger partial charge >= 0.3 is 0 Å². The standard InChI is InChI=1S/C20H29F2N/c1-14(2)15(3)16(4)20(5,11-8-12-23-6)13-17-9-7-10-18(21)19(17)22/h7,9-10,23H,1,8,11-13H2,2-6H3/b16-15-. The zero-order valence-electron chi connectivity index (χ0n) is 15.0. The largest absolute Gasteiger partial charge is 0.320 e. The fourth-order valence-corrected chi connectivity index (χ4v) is 2.94. The maximum Gasteiger partial charge on any atom is 0.162 e. The molecular weight excluding hydrogens is 292 g/mol. The SMILES string of the molecule is C=C(C)/C(C)=C(/C)C(C)(CCCNC)Cc1cccc(F)c1F. The number of benzene rings is 1. The Hall–Kier alpha value is -1.48. The van der Waals surface area contributed by atoms with Crippen molar-refractivity contribution >= 4 is 0 Å². The van der Waals surface area contributed by atoms with Gasteiger partial charge in [0.2, 0.25) is 0 Å². The predicted molar refractivity (Wildman–Crippen MR) is 94.5 cm³/mol. The van der Waals surface area contributed by atoms with Crippen molar-refractivity contribution in [3.05, 3.63) is 58.7 Å². The third-order valence-corrected chi connectivity index (χ3v) is 4.88. The quantitative estimate of drug-likeness (QED) is 0.497. The summed E-state index contributed by atoms with van der Waals surface area (Å²) in [6, 6.07) is 4.42. The highest BCUT2D eigenvalue weighted by atomic mass is 19.2. The first-order chi connectivity index (χ1) is 10.7. The topological polar surface area (TPSA) is 12.0 Å². The molecule has 23 heavy (non-hydrogen) atoms. The van der Waals surface area contributed by atoms with Gasteiger partial charge in [-0.15, -0.1) is 0 Å². The molecule has 0 fully saturated rings. The lowest BCUT2D eigenvalue weighted by atomic mass is 9.72. The summed E-state index contributed by atoms with van der Waals surface area (Å²) in [5, 5.41) is 3.15. The second kappa shape index (κ2) is 8.39. The van der Waals surface area contributed by atoms with Crippen LogP contribution in [0.25, 0.3) is 0 Å². The van der Waals surface area contributed by atoms with Gasteiger partial charge in [0.1, 0.15) is 0 Å². The number of hydrogen-bond acceptors (Lipinski definition) is 1. The number of halogens is 2. The fourth-order valence-electron chi connectivity index (χ4n) is 2.94. The molecule has 0 bridgehead atoms. The van der Waals surface area contributed by atoms with Gasteiger partial charge in [0.25, 0.3) is 0 Å². The molecule has 1 aromatic carbocycles. The van der Waals surface area contributed by atoms with Gasteiger partial charge in [0.05, 0.1) is 0 Å². The van der Waals surface area contributed by atoms with Crippen LogP contribution in [-0.2, 0) is 6.42 Å². The Labute approximate surface area is 139 Å². The van der Waals surface area contributed by atoms with E-state index in [0.29, 0.717) is 12.0 Å². The van der Waals surface area contributed by atoms with Crippen LogP contribution in [0.4, 0.5) is 8.78 Å². The summed E-state index contributed by atoms with van der Waals surface area (Å²) in [5.41, 5.74) is 3.57. The lowest BCUT2D eigenvalue weighted by molar-refractivity contribution is 0.339. The predicted octanol–water partition coefficient (Wildman–Crippen LogP) is 5.43. The van der Waals surface area contributed by atoms with Crippen molar-refractivity contribution < 1.29 is 8.78 Å². The highest BCUT2D eigenvalue weighted by Gasteiger charge is 2.29. The minimum absolute atomic E-state index is 0.228. The molecule has 0 radical (unpaired) electrons. The summed E-state index contributed by atoms with van der Waals surface area (Å²) in [7, 11) is 1.92. The van der Waals surface area contributed by atoms with E-state index in [2.05, 4.69) is 32.7 Å². The van der Waals surface area contributed by atoms with E-state index in [9.17, 15) is 8.78 Å². The molecule has 0 aliphatic carbocycles. The average Bonchev–Trinajstić information content (AvgIpc) is 2.50. The molecule has 128 valence electrons. The van der Waals surface area contributed by atoms with Crippen LogP contribution in [0.5, 0.6) is 0 Å². The van der Waals surface area contributed by atoms with Crippen LogP contribution in [0.15, 0.2) is 41.5 Å². The number of allylic oxidation sites excluding steroid dienone is 3. The Morgan fingerprint density at radius 1 is 1.22 bits per heavy atom. The first-order valence-corrected chi connectivity index (χ1v) is 8.14. The first-order valence-electron chi connectivity index (χ1n) is 8.14. The van der Waals surface area contributed by atoms with Gasteiger partial charge < -0.3 is 5.32 Å². The molecule has 3 heteroatoms. The van der Waals surface area contributed by atoms with Crippen molar-refractivity contribution in [2.24, 2.45) is 5.41 Å². The van der Waals surface area contributed by atoms with Crippen LogP contribution >= 0.6 is 0 Å². The molecule has 0 amide bonds. The monoisotopic (exact) mass is 321 g/mol. The Balaban J connectivity index is 3.21. The van der Waals surface area contributed by atoms with Crippen molar-refractivity contribution in [2.75, 3.05) is 13.6 Å². The summed E-state index contributed by atoms with van der Waals surface area (Å²) in [5.74, 6) is -1.51. The van der Waals surface area contributed by atoms with E-state index in [-0.39, 0.29) is 5.41 Å². The fraction of sp³-hybridized carbons (Fsp3) is 0.500. The summed E-state index contributed by atoms with van der Waals surface area (Å²) < 4.78 is 27.7. The highest BCUT2D eigenvalue weighted by Crippen LogP contribution is 2.39. The van der Waals surface area contributed by atoms with Crippen LogP contribution < -0.4 is 5.32 Å². The van der Waals surface area contributed by atoms with E-state index < -0.39 is 11.6 Å². The van der Waals surface area contributed by atoms with Gasteiger partial charge in [-0.3, -0.25) is 0 Å². The molecule has 1 unspecified atom stereocenters. The van der Waals surface area contributed by atoms with E-state index in [0.717, 1.165) is 30.5 Å². The Bertz CT molecular complexity index is 589. The maximum atomic E-state index is 14.1. The van der Waals surface area contributed by atoms with Crippen molar-refractivity contribution in [3.8, 4) is 0 Å². The highest BCUT2D eigenvalue weighted by molar-refractivity contribution is 5.34. The van der Waals surface area contributed by atoms with Crippen LogP contribution in [0.3, 0.4) is 0 Å². The van der Waals surface area contributed by atoms with Gasteiger partial charge in [-0.25, -0.2) is 8.78 Å². The van der Waals surface area contributed by atoms with Crippen molar-refractivity contribution in [2.45, 2.75) is 47.0 Å². The van der Waals surface area contributed by atoms with Gasteiger partial charge in [-0.05, 0) is 76.2 Å². The minimum atomic E-state index is -0.779. The molecule has 0 saturated carbocycles. The molecule has 0 saturated heterocycles. The second-order valence-corrected chi connectivity index (χ2v) is 6.69. The Morgan fingerprint density at radius 3 is 2.43 bits per heavy atom. The van der Waals surface area contributed by atoms with Crippen LogP contribution in [-0.4, -0.2) is 13.6 Å². The summed E-state index contributed by atoms with van der Waals surface area (Å²) >= 11 is 0. The zero-order chi connectivity index (χ0) is 17.6. The minimum Gasteiger partial charge on any atom is -0.320 e. The van der Waals surface area contributed by atoms with E-state index in [4.69, 9.17) is 0 Å². The molecular formula is C20H29F2N. The summed E-state index contributed by atoms with van der Waals surface area (Å²) in [6.45, 7) is 13.2. The van der Waals surface area contributed by atoms with Gasteiger partial charge in [0.15, 0.2) is 11.6 Å². The molecule has 0 aliphatic rings. The second-order valence-electron chi connectivity index (χ2n) is 6.69. The van der Waals surface area contributed by atoms with Crippen LogP contribution in [0, 0.1) is 17.0 Å². The Kier molecular flexibility index (Phi) is 7.14. The van der Waals surface area contributed by atoms with Crippen molar-refractivity contribution in [3.63, 3.8) is 0 Å². The number of hydrogen-bond donors (Lipinski definition) is 1. The zero-order valence-corrected chi connectivity index (χ0v) is 15.0. The van der Waals surface area contributed by atoms with Crippen molar-refractivity contribution in [1.82, 2.24) is 5.32 Å². The lowest BCUT2D eigenvalue weighted by Crippen LogP contribution is -2.25. The lowest BCUT2D eigenvalue weighted by Gasteiger charge is -2.33. The van der Waals surface area contributed by atoms with Gasteiger partial charge in [0, 0.05) is 0 Å². The van der Waals surface area contributed by atoms with E-state index in [1.807, 2.05) is 14.0 Å². The third kappa shape index (κ3) is 5.00. The molecule has 0 heterocycles. The van der Waals surface area contributed by atoms with E-state index in [1.165, 1.54) is 11.6 Å². The van der Waals surface area contributed by atoms with Gasteiger partial charge in [-0.2, -0.15) is 0 Å². The van der Waals surface area contributed by atoms with Crippen molar-refractivity contribution in [1.29, 1.82) is 0 Å². The third-order valence-electron chi connectivity index (χ3n) is 4.88. The normalized spacial score (nSPS) is 15.1. The summed E-state index contributed by atoms with van der Waals surface area (Å²) in [4.78, 5) is 0. The molecule has 1 atom stereocenters. The van der Waals surface area contributed by atoms with Crippen LogP contribution in [0.1, 0.15) is 46.1 Å². The van der Waals surface area contributed by atoms with E-state index in [1.54, 1.807) is 12.1 Å². The number of rotatable bonds is 8. The van der Waals surface area contributed by atoms with Crippen LogP contribution in [0.2, 0.25) is 0 Å². The molecule has 1 rings (SSSR count). The average molecular weight is 321 g/mol. The van der Waals surface area contributed by atoms with Gasteiger partial charge in [-0.1, -0.05) is 36.8 Å². The van der Waals surface area contributed by atoms with E-state index >= 15 is 0 Å². The maximum absolute atomic E-state index is 14.1.